The van der Waals surface area contributed by atoms with Gasteiger partial charge in [-0.1, -0.05) is 15.9 Å². The van der Waals surface area contributed by atoms with Crippen molar-refractivity contribution >= 4 is 32.7 Å². The van der Waals surface area contributed by atoms with Gasteiger partial charge in [-0.3, -0.25) is 0 Å². The molecule has 18 heavy (non-hydrogen) atoms. The van der Waals surface area contributed by atoms with E-state index < -0.39 is 0 Å². The molecule has 0 aliphatic heterocycles. The largest absolute Gasteiger partial charge is 0.436 e. The Kier molecular flexibility index (Phi) is 2.59. The summed E-state index contributed by atoms with van der Waals surface area (Å²) >= 11 is 3.48. The van der Waals surface area contributed by atoms with Crippen LogP contribution in [0, 0.1) is 6.92 Å². The van der Waals surface area contributed by atoms with Gasteiger partial charge in [-0.15, -0.1) is 0 Å². The molecular weight excluding hydrogens is 292 g/mol. The summed E-state index contributed by atoms with van der Waals surface area (Å²) in [7, 11) is 0. The molecule has 0 bridgehead atoms. The minimum absolute atomic E-state index is 0.617. The molecule has 0 fully saturated rings. The van der Waals surface area contributed by atoms with Gasteiger partial charge in [0.2, 0.25) is 5.89 Å². The van der Waals surface area contributed by atoms with E-state index in [-0.39, 0.29) is 0 Å². The quantitative estimate of drug-likeness (QED) is 0.687. The number of nitrogen functional groups attached to an aromatic ring is 1. The van der Waals surface area contributed by atoms with E-state index in [1.165, 1.54) is 0 Å². The SMILES string of the molecule is Cc1cc(-c2nc3cc(N)ccc3o2)ccc1Br. The van der Waals surface area contributed by atoms with Crippen LogP contribution in [0.1, 0.15) is 5.56 Å². The van der Waals surface area contributed by atoms with Crippen LogP contribution in [-0.2, 0) is 0 Å². The molecule has 0 saturated heterocycles. The molecule has 3 rings (SSSR count). The summed E-state index contributed by atoms with van der Waals surface area (Å²) in [5.74, 6) is 0.617. The predicted molar refractivity (Wildman–Crippen MR) is 76.3 cm³/mol. The van der Waals surface area contributed by atoms with E-state index in [4.69, 9.17) is 10.2 Å². The number of oxazole rings is 1. The normalized spacial score (nSPS) is 11.0. The number of anilines is 1. The second-order valence-corrected chi connectivity index (χ2v) is 5.06. The lowest BCUT2D eigenvalue weighted by atomic mass is 10.1. The van der Waals surface area contributed by atoms with Gasteiger partial charge in [-0.2, -0.15) is 0 Å². The van der Waals surface area contributed by atoms with Crippen molar-refractivity contribution in [3.63, 3.8) is 0 Å². The predicted octanol–water partition coefficient (Wildman–Crippen LogP) is 4.15. The lowest BCUT2D eigenvalue weighted by Gasteiger charge is -1.99. The van der Waals surface area contributed by atoms with Gasteiger partial charge in [0.05, 0.1) is 0 Å². The second-order valence-electron chi connectivity index (χ2n) is 4.21. The number of benzene rings is 2. The Morgan fingerprint density at radius 3 is 2.78 bits per heavy atom. The maximum atomic E-state index is 5.73. The minimum Gasteiger partial charge on any atom is -0.436 e. The molecule has 0 radical (unpaired) electrons. The van der Waals surface area contributed by atoms with Crippen molar-refractivity contribution in [2.24, 2.45) is 0 Å². The Labute approximate surface area is 113 Å². The number of rotatable bonds is 1. The molecule has 3 nitrogen and oxygen atoms in total. The first-order valence-electron chi connectivity index (χ1n) is 5.56. The summed E-state index contributed by atoms with van der Waals surface area (Å²) < 4.78 is 6.80. The Morgan fingerprint density at radius 2 is 2.00 bits per heavy atom. The summed E-state index contributed by atoms with van der Waals surface area (Å²) in [6.07, 6.45) is 0. The molecular formula is C14H11BrN2O. The molecule has 0 amide bonds. The van der Waals surface area contributed by atoms with Gasteiger partial charge in [0.1, 0.15) is 5.52 Å². The van der Waals surface area contributed by atoms with Crippen LogP contribution in [0.5, 0.6) is 0 Å². The standard InChI is InChI=1S/C14H11BrN2O/c1-8-6-9(2-4-11(8)15)14-17-12-7-10(16)3-5-13(12)18-14/h2-7H,16H2,1H3. The fraction of sp³-hybridized carbons (Fsp3) is 0.0714. The topological polar surface area (TPSA) is 52.0 Å². The van der Waals surface area contributed by atoms with E-state index in [1.54, 1.807) is 0 Å². The molecule has 0 aliphatic rings. The van der Waals surface area contributed by atoms with Crippen molar-refractivity contribution in [3.8, 4) is 11.5 Å². The molecule has 0 aliphatic carbocycles. The highest BCUT2D eigenvalue weighted by Crippen LogP contribution is 2.28. The molecule has 2 N–H and O–H groups in total. The molecule has 0 saturated carbocycles. The number of nitrogens with zero attached hydrogens (tertiary/aromatic N) is 1. The molecule has 3 aromatic rings. The number of halogens is 1. The van der Waals surface area contributed by atoms with E-state index in [0.717, 1.165) is 26.7 Å². The number of aryl methyl sites for hydroxylation is 1. The Bertz CT molecular complexity index is 734. The van der Waals surface area contributed by atoms with E-state index in [0.29, 0.717) is 11.6 Å². The van der Waals surface area contributed by atoms with Crippen molar-refractivity contribution in [3.05, 3.63) is 46.4 Å². The molecule has 4 heteroatoms. The smallest absolute Gasteiger partial charge is 0.227 e. The molecule has 0 spiro atoms. The lowest BCUT2D eigenvalue weighted by molar-refractivity contribution is 0.620. The average Bonchev–Trinajstić information content (AvgIpc) is 2.75. The van der Waals surface area contributed by atoms with Crippen LogP contribution in [-0.4, -0.2) is 4.98 Å². The van der Waals surface area contributed by atoms with E-state index in [9.17, 15) is 0 Å². The van der Waals surface area contributed by atoms with Crippen molar-refractivity contribution in [1.29, 1.82) is 0 Å². The Hall–Kier alpha value is -1.81. The first-order valence-corrected chi connectivity index (χ1v) is 6.35. The van der Waals surface area contributed by atoms with Gasteiger partial charge in [-0.05, 0) is 48.9 Å². The van der Waals surface area contributed by atoms with Gasteiger partial charge >= 0.3 is 0 Å². The maximum absolute atomic E-state index is 5.73. The summed E-state index contributed by atoms with van der Waals surface area (Å²) in [5, 5.41) is 0. The first-order chi connectivity index (χ1) is 8.63. The van der Waals surface area contributed by atoms with Gasteiger partial charge < -0.3 is 10.2 Å². The third-order valence-electron chi connectivity index (χ3n) is 2.82. The molecule has 2 aromatic carbocycles. The first kappa shape index (κ1) is 11.3. The number of aromatic nitrogens is 1. The van der Waals surface area contributed by atoms with E-state index >= 15 is 0 Å². The van der Waals surface area contributed by atoms with Crippen LogP contribution >= 0.6 is 15.9 Å². The summed E-state index contributed by atoms with van der Waals surface area (Å²) in [5.41, 5.74) is 10.1. The lowest BCUT2D eigenvalue weighted by Crippen LogP contribution is -1.82. The molecule has 90 valence electrons. The third kappa shape index (κ3) is 1.88. The van der Waals surface area contributed by atoms with Crippen LogP contribution in [0.3, 0.4) is 0 Å². The number of hydrogen-bond acceptors (Lipinski definition) is 3. The van der Waals surface area contributed by atoms with Crippen molar-refractivity contribution in [1.82, 2.24) is 4.98 Å². The molecule has 0 unspecified atom stereocenters. The average molecular weight is 303 g/mol. The fourth-order valence-corrected chi connectivity index (χ4v) is 2.09. The second kappa shape index (κ2) is 4.14. The van der Waals surface area contributed by atoms with Crippen LogP contribution in [0.15, 0.2) is 45.3 Å². The van der Waals surface area contributed by atoms with E-state index in [1.807, 2.05) is 43.3 Å². The summed E-state index contributed by atoms with van der Waals surface area (Å²) in [6, 6.07) is 11.5. The Balaban J connectivity index is 2.16. The zero-order valence-electron chi connectivity index (χ0n) is 9.77. The molecule has 0 atom stereocenters. The summed E-state index contributed by atoms with van der Waals surface area (Å²) in [4.78, 5) is 4.45. The highest BCUT2D eigenvalue weighted by atomic mass is 79.9. The van der Waals surface area contributed by atoms with Crippen molar-refractivity contribution < 1.29 is 4.42 Å². The van der Waals surface area contributed by atoms with Gasteiger partial charge in [0.15, 0.2) is 5.58 Å². The number of fused-ring (bicyclic) bond motifs is 1. The van der Waals surface area contributed by atoms with Gasteiger partial charge in [0.25, 0.3) is 0 Å². The van der Waals surface area contributed by atoms with E-state index in [2.05, 4.69) is 20.9 Å². The van der Waals surface area contributed by atoms with Gasteiger partial charge in [-0.25, -0.2) is 4.98 Å². The highest BCUT2D eigenvalue weighted by Gasteiger charge is 2.09. The number of hydrogen-bond donors (Lipinski definition) is 1. The third-order valence-corrected chi connectivity index (χ3v) is 3.71. The highest BCUT2D eigenvalue weighted by molar-refractivity contribution is 9.10. The monoisotopic (exact) mass is 302 g/mol. The zero-order chi connectivity index (χ0) is 12.7. The molecule has 1 heterocycles. The maximum Gasteiger partial charge on any atom is 0.227 e. The van der Waals surface area contributed by atoms with Crippen LogP contribution in [0.2, 0.25) is 0 Å². The fourth-order valence-electron chi connectivity index (χ4n) is 1.85. The number of nitrogens with two attached hydrogens (primary N) is 1. The van der Waals surface area contributed by atoms with Gasteiger partial charge in [0, 0.05) is 15.7 Å². The van der Waals surface area contributed by atoms with Crippen molar-refractivity contribution in [2.45, 2.75) is 6.92 Å². The van der Waals surface area contributed by atoms with Crippen LogP contribution in [0.25, 0.3) is 22.6 Å². The Morgan fingerprint density at radius 1 is 1.17 bits per heavy atom. The van der Waals surface area contributed by atoms with Crippen LogP contribution in [0.4, 0.5) is 5.69 Å². The summed E-state index contributed by atoms with van der Waals surface area (Å²) in [6.45, 7) is 2.04. The minimum atomic E-state index is 0.617. The molecule has 1 aromatic heterocycles. The zero-order valence-corrected chi connectivity index (χ0v) is 11.4. The van der Waals surface area contributed by atoms with Crippen molar-refractivity contribution in [2.75, 3.05) is 5.73 Å². The van der Waals surface area contributed by atoms with Crippen LogP contribution < -0.4 is 5.73 Å².